The highest BCUT2D eigenvalue weighted by atomic mass is 35.5. The Bertz CT molecular complexity index is 1470. The van der Waals surface area contributed by atoms with Crippen molar-refractivity contribution in [3.05, 3.63) is 81.5 Å². The van der Waals surface area contributed by atoms with Crippen LogP contribution in [0.3, 0.4) is 0 Å². The van der Waals surface area contributed by atoms with Crippen LogP contribution in [0.2, 0.25) is 10.0 Å². The SMILES string of the molecule is C[C@H]1CCCN1CCN1CCCC(c2ccc(C(=O)Nc3c(O)cc(Cl)cc3C(=O)Nc3ccc(Cl)cn3)cc2)C1=O.Cl. The van der Waals surface area contributed by atoms with E-state index in [4.69, 9.17) is 23.2 Å². The highest BCUT2D eigenvalue weighted by molar-refractivity contribution is 6.32. The van der Waals surface area contributed by atoms with Crippen LogP contribution in [0.4, 0.5) is 11.5 Å². The van der Waals surface area contributed by atoms with Gasteiger partial charge in [-0.05, 0) is 75.0 Å². The molecule has 3 N–H and O–H groups in total. The first-order valence-electron chi connectivity index (χ1n) is 14.1. The van der Waals surface area contributed by atoms with Crippen molar-refractivity contribution in [3.63, 3.8) is 0 Å². The van der Waals surface area contributed by atoms with Gasteiger partial charge in [0.25, 0.3) is 11.8 Å². The summed E-state index contributed by atoms with van der Waals surface area (Å²) in [7, 11) is 0. The van der Waals surface area contributed by atoms with Crippen molar-refractivity contribution in [2.24, 2.45) is 0 Å². The number of phenols is 1. The van der Waals surface area contributed by atoms with Gasteiger partial charge in [-0.1, -0.05) is 35.3 Å². The molecule has 228 valence electrons. The van der Waals surface area contributed by atoms with Crippen LogP contribution in [0.5, 0.6) is 5.75 Å². The Morgan fingerprint density at radius 2 is 1.70 bits per heavy atom. The molecule has 3 aromatic rings. The molecule has 0 bridgehead atoms. The Morgan fingerprint density at radius 3 is 2.37 bits per heavy atom. The highest BCUT2D eigenvalue weighted by Gasteiger charge is 2.31. The van der Waals surface area contributed by atoms with E-state index in [9.17, 15) is 19.5 Å². The van der Waals surface area contributed by atoms with E-state index in [1.54, 1.807) is 30.3 Å². The van der Waals surface area contributed by atoms with Crippen LogP contribution in [-0.4, -0.2) is 69.8 Å². The number of halogens is 3. The fraction of sp³-hybridized carbons (Fsp3) is 0.355. The zero-order chi connectivity index (χ0) is 29.8. The van der Waals surface area contributed by atoms with Crippen LogP contribution in [0.15, 0.2) is 54.7 Å². The second-order valence-electron chi connectivity index (χ2n) is 10.8. The van der Waals surface area contributed by atoms with E-state index in [0.717, 1.165) is 44.6 Å². The third kappa shape index (κ3) is 7.78. The van der Waals surface area contributed by atoms with Gasteiger partial charge in [0, 0.05) is 48.5 Å². The summed E-state index contributed by atoms with van der Waals surface area (Å²) in [6.45, 7) is 5.73. The lowest BCUT2D eigenvalue weighted by molar-refractivity contribution is -0.135. The predicted octanol–water partition coefficient (Wildman–Crippen LogP) is 6.21. The molecule has 3 amide bonds. The van der Waals surface area contributed by atoms with Crippen LogP contribution in [0.25, 0.3) is 0 Å². The molecular formula is C31H34Cl3N5O4. The minimum Gasteiger partial charge on any atom is -0.506 e. The molecular weight excluding hydrogens is 613 g/mol. The minimum absolute atomic E-state index is 0. The maximum Gasteiger partial charge on any atom is 0.259 e. The Labute approximate surface area is 267 Å². The quantitative estimate of drug-likeness (QED) is 0.251. The number of pyridine rings is 1. The van der Waals surface area contributed by atoms with Crippen molar-refractivity contribution < 1.29 is 19.5 Å². The molecule has 0 spiro atoms. The van der Waals surface area contributed by atoms with Crippen molar-refractivity contribution in [1.82, 2.24) is 14.8 Å². The van der Waals surface area contributed by atoms with Gasteiger partial charge in [-0.2, -0.15) is 0 Å². The van der Waals surface area contributed by atoms with E-state index in [-0.39, 0.29) is 52.1 Å². The molecule has 9 nitrogen and oxygen atoms in total. The average molecular weight is 647 g/mol. The molecule has 12 heteroatoms. The molecule has 2 atom stereocenters. The lowest BCUT2D eigenvalue weighted by Gasteiger charge is -2.34. The predicted molar refractivity (Wildman–Crippen MR) is 171 cm³/mol. The summed E-state index contributed by atoms with van der Waals surface area (Å²) in [5.74, 6) is -1.41. The summed E-state index contributed by atoms with van der Waals surface area (Å²) in [6.07, 6.45) is 5.50. The molecule has 0 saturated carbocycles. The van der Waals surface area contributed by atoms with Crippen LogP contribution in [0.1, 0.15) is 64.8 Å². The molecule has 2 aromatic carbocycles. The number of phenolic OH excluding ortho intramolecular Hbond substituents is 1. The number of likely N-dealkylation sites (tertiary alicyclic amines) is 2. The maximum atomic E-state index is 13.3. The van der Waals surface area contributed by atoms with Gasteiger partial charge in [0.1, 0.15) is 11.6 Å². The number of nitrogens with one attached hydrogen (secondary N) is 2. The van der Waals surface area contributed by atoms with E-state index in [0.29, 0.717) is 16.6 Å². The molecule has 3 heterocycles. The van der Waals surface area contributed by atoms with Gasteiger partial charge in [0.15, 0.2) is 0 Å². The summed E-state index contributed by atoms with van der Waals surface area (Å²) >= 11 is 12.0. The second kappa shape index (κ2) is 14.4. The number of piperidine rings is 1. The third-order valence-corrected chi connectivity index (χ3v) is 8.43. The van der Waals surface area contributed by atoms with Gasteiger partial charge >= 0.3 is 0 Å². The molecule has 1 unspecified atom stereocenters. The van der Waals surface area contributed by atoms with Gasteiger partial charge in [-0.25, -0.2) is 4.98 Å². The van der Waals surface area contributed by atoms with E-state index < -0.39 is 11.8 Å². The molecule has 2 fully saturated rings. The summed E-state index contributed by atoms with van der Waals surface area (Å²) in [5.41, 5.74) is 1.03. The number of anilines is 2. The normalized spacial score (nSPS) is 18.7. The second-order valence-corrected chi connectivity index (χ2v) is 11.7. The number of aromatic nitrogens is 1. The maximum absolute atomic E-state index is 13.3. The van der Waals surface area contributed by atoms with Gasteiger partial charge in [-0.3, -0.25) is 19.3 Å². The van der Waals surface area contributed by atoms with E-state index in [1.807, 2.05) is 4.90 Å². The number of hydrogen-bond acceptors (Lipinski definition) is 6. The number of carbonyl (C=O) groups excluding carboxylic acids is 3. The lowest BCUT2D eigenvalue weighted by Crippen LogP contribution is -2.44. The smallest absolute Gasteiger partial charge is 0.259 e. The number of carbonyl (C=O) groups is 3. The number of hydrogen-bond donors (Lipinski definition) is 3. The van der Waals surface area contributed by atoms with Gasteiger partial charge in [-0.15, -0.1) is 12.4 Å². The fourth-order valence-electron chi connectivity index (χ4n) is 5.63. The topological polar surface area (TPSA) is 115 Å². The fourth-order valence-corrected chi connectivity index (χ4v) is 5.96. The number of rotatable bonds is 8. The van der Waals surface area contributed by atoms with Crippen molar-refractivity contribution >= 4 is 64.8 Å². The minimum atomic E-state index is -0.632. The Hall–Kier alpha value is -3.37. The zero-order valence-corrected chi connectivity index (χ0v) is 26.0. The van der Waals surface area contributed by atoms with Crippen LogP contribution in [-0.2, 0) is 4.79 Å². The van der Waals surface area contributed by atoms with Gasteiger partial charge < -0.3 is 20.6 Å². The van der Waals surface area contributed by atoms with Crippen molar-refractivity contribution in [2.75, 3.05) is 36.8 Å². The molecule has 43 heavy (non-hydrogen) atoms. The number of aromatic hydroxyl groups is 1. The van der Waals surface area contributed by atoms with Gasteiger partial charge in [0.2, 0.25) is 5.91 Å². The Morgan fingerprint density at radius 1 is 0.953 bits per heavy atom. The van der Waals surface area contributed by atoms with E-state index in [1.165, 1.54) is 37.2 Å². The monoisotopic (exact) mass is 645 g/mol. The van der Waals surface area contributed by atoms with Gasteiger partial charge in [0.05, 0.1) is 22.2 Å². The Balaban J connectivity index is 0.00000423. The van der Waals surface area contributed by atoms with Crippen molar-refractivity contribution in [1.29, 1.82) is 0 Å². The molecule has 2 aliphatic rings. The van der Waals surface area contributed by atoms with Crippen molar-refractivity contribution in [3.8, 4) is 5.75 Å². The summed E-state index contributed by atoms with van der Waals surface area (Å²) in [4.78, 5) is 48.0. The number of nitrogens with zero attached hydrogens (tertiary/aromatic N) is 3. The third-order valence-electron chi connectivity index (χ3n) is 7.99. The van der Waals surface area contributed by atoms with Crippen LogP contribution < -0.4 is 10.6 Å². The molecule has 5 rings (SSSR count). The zero-order valence-electron chi connectivity index (χ0n) is 23.7. The summed E-state index contributed by atoms with van der Waals surface area (Å²) in [6, 6.07) is 13.1. The van der Waals surface area contributed by atoms with E-state index >= 15 is 0 Å². The molecule has 1 aromatic heterocycles. The largest absolute Gasteiger partial charge is 0.506 e. The summed E-state index contributed by atoms with van der Waals surface area (Å²) in [5, 5.41) is 16.3. The van der Waals surface area contributed by atoms with Crippen molar-refractivity contribution in [2.45, 2.75) is 44.6 Å². The number of amides is 3. The highest BCUT2D eigenvalue weighted by Crippen LogP contribution is 2.33. The Kier molecular flexibility index (Phi) is 10.9. The molecule has 0 radical (unpaired) electrons. The standard InChI is InChI=1S/C31H33Cl2N5O4.ClH/c1-19-4-2-12-37(19)14-15-38-13-3-5-24(31(38)42)20-6-8-21(9-7-20)29(40)36-28-25(16-23(33)17-26(28)39)30(41)35-27-11-10-22(32)18-34-27;/h6-11,16-19,24,39H,2-5,12-15H2,1H3,(H,36,40)(H,34,35,41);1H/t19-,24?;/m0./s1. The van der Waals surface area contributed by atoms with Crippen LogP contribution >= 0.6 is 35.6 Å². The first kappa shape index (κ1) is 32.5. The summed E-state index contributed by atoms with van der Waals surface area (Å²) < 4.78 is 0. The first-order chi connectivity index (χ1) is 20.2. The first-order valence-corrected chi connectivity index (χ1v) is 14.8. The number of benzene rings is 2. The molecule has 2 saturated heterocycles. The van der Waals surface area contributed by atoms with Crippen LogP contribution in [0, 0.1) is 0 Å². The molecule has 2 aliphatic heterocycles. The average Bonchev–Trinajstić information content (AvgIpc) is 3.39. The molecule has 0 aliphatic carbocycles. The van der Waals surface area contributed by atoms with E-state index in [2.05, 4.69) is 27.4 Å². The lowest BCUT2D eigenvalue weighted by atomic mass is 9.89.